The second kappa shape index (κ2) is 4.10. The molecule has 0 saturated carbocycles. The minimum atomic E-state index is -0.904. The van der Waals surface area contributed by atoms with Crippen molar-refractivity contribution in [2.24, 2.45) is 0 Å². The van der Waals surface area contributed by atoms with Crippen LogP contribution in [0.25, 0.3) is 11.1 Å². The fourth-order valence-electron chi connectivity index (χ4n) is 2.95. The first-order valence-corrected chi connectivity index (χ1v) is 5.87. The van der Waals surface area contributed by atoms with Gasteiger partial charge in [0.25, 0.3) is 0 Å². The summed E-state index contributed by atoms with van der Waals surface area (Å²) in [6, 6.07) is 10.3. The summed E-state index contributed by atoms with van der Waals surface area (Å²) in [6.45, 7) is 0. The Kier molecular flexibility index (Phi) is 2.37. The fourth-order valence-corrected chi connectivity index (χ4v) is 2.95. The van der Waals surface area contributed by atoms with Crippen molar-refractivity contribution in [1.29, 1.82) is 31.6 Å². The molecule has 7 nitrogen and oxygen atoms in total. The molecule has 2 aliphatic rings. The van der Waals surface area contributed by atoms with Crippen LogP contribution in [0.4, 0.5) is 0 Å². The van der Waals surface area contributed by atoms with Crippen LogP contribution in [-0.4, -0.2) is 4.57 Å². The number of nitriles is 6. The van der Waals surface area contributed by atoms with Crippen molar-refractivity contribution in [3.63, 3.8) is 0 Å². The Morgan fingerprint density at radius 2 is 1.00 bits per heavy atom. The van der Waals surface area contributed by atoms with Crippen molar-refractivity contribution in [2.75, 3.05) is 0 Å². The number of hydrogen-bond donors (Lipinski definition) is 0. The van der Waals surface area contributed by atoms with Crippen LogP contribution in [0.1, 0.15) is 28.6 Å². The Balaban J connectivity index is 2.61. The molecular formula is C15HN7. The highest BCUT2D eigenvalue weighted by atomic mass is 15.1. The van der Waals surface area contributed by atoms with Gasteiger partial charge in [-0.05, 0) is 0 Å². The van der Waals surface area contributed by atoms with E-state index in [0.29, 0.717) is 0 Å². The maximum atomic E-state index is 9.31. The highest BCUT2D eigenvalue weighted by Crippen LogP contribution is 2.52. The maximum absolute atomic E-state index is 9.31. The summed E-state index contributed by atoms with van der Waals surface area (Å²) < 4.78 is 1.41. The lowest BCUT2D eigenvalue weighted by atomic mass is 9.98. The van der Waals surface area contributed by atoms with Gasteiger partial charge in [0.2, 0.25) is 0 Å². The molecule has 96 valence electrons. The van der Waals surface area contributed by atoms with Gasteiger partial charge in [0.1, 0.15) is 30.3 Å². The monoisotopic (exact) mass is 279 g/mol. The summed E-state index contributed by atoms with van der Waals surface area (Å²) in [5, 5.41) is 55.8. The molecule has 0 radical (unpaired) electrons. The first-order chi connectivity index (χ1) is 10.7. The van der Waals surface area contributed by atoms with E-state index < -0.39 is 6.04 Å². The van der Waals surface area contributed by atoms with Gasteiger partial charge in [-0.2, -0.15) is 31.6 Å². The molecule has 3 rings (SSSR count). The van der Waals surface area contributed by atoms with Crippen molar-refractivity contribution < 1.29 is 0 Å². The Hall–Kier alpha value is -4.30. The van der Waals surface area contributed by atoms with Gasteiger partial charge in [-0.15, -0.1) is 0 Å². The van der Waals surface area contributed by atoms with E-state index in [0.717, 1.165) is 0 Å². The van der Waals surface area contributed by atoms with Crippen molar-refractivity contribution >= 4 is 11.1 Å². The number of hydrogen-bond acceptors (Lipinski definition) is 6. The smallest absolute Gasteiger partial charge is 0.107 e. The van der Waals surface area contributed by atoms with Crippen LogP contribution in [0.15, 0.2) is 11.1 Å². The zero-order valence-corrected chi connectivity index (χ0v) is 10.7. The topological polar surface area (TPSA) is 148 Å². The molecule has 7 heteroatoms. The Labute approximate surface area is 124 Å². The van der Waals surface area contributed by atoms with Crippen LogP contribution in [0.5, 0.6) is 0 Å². The molecule has 2 aliphatic heterocycles. The van der Waals surface area contributed by atoms with Gasteiger partial charge in [-0.1, -0.05) is 0 Å². The minimum absolute atomic E-state index is 0.0153. The number of nitrogens with zero attached hydrogens (tertiary/aromatic N) is 7. The van der Waals surface area contributed by atoms with Crippen molar-refractivity contribution in [2.45, 2.75) is 6.04 Å². The normalized spacial score (nSPS) is 14.5. The van der Waals surface area contributed by atoms with E-state index in [1.807, 2.05) is 36.4 Å². The van der Waals surface area contributed by atoms with Crippen LogP contribution in [-0.2, 0) is 0 Å². The molecule has 3 heterocycles. The summed E-state index contributed by atoms with van der Waals surface area (Å²) >= 11 is 0. The van der Waals surface area contributed by atoms with Crippen LogP contribution in [0.2, 0.25) is 0 Å². The molecular weight excluding hydrogens is 278 g/mol. The Morgan fingerprint density at radius 1 is 0.591 bits per heavy atom. The molecule has 1 aromatic heterocycles. The standard InChI is InChI=1S/C15HN7/c16-1-7-8(2-17)14-11(5-20)12(6-21)15-10(4-19)9(3-18)13(7)22(14)15/h13H. The van der Waals surface area contributed by atoms with Crippen molar-refractivity contribution in [3.05, 3.63) is 33.7 Å². The highest BCUT2D eigenvalue weighted by molar-refractivity contribution is 5.98. The van der Waals surface area contributed by atoms with E-state index in [4.69, 9.17) is 0 Å². The van der Waals surface area contributed by atoms with E-state index in [1.54, 1.807) is 0 Å². The molecule has 0 N–H and O–H groups in total. The first-order valence-electron chi connectivity index (χ1n) is 5.87. The van der Waals surface area contributed by atoms with Crippen LogP contribution in [0.3, 0.4) is 0 Å². The van der Waals surface area contributed by atoms with E-state index in [1.165, 1.54) is 4.57 Å². The van der Waals surface area contributed by atoms with Crippen LogP contribution < -0.4 is 0 Å². The average Bonchev–Trinajstić information content (AvgIpc) is 3.14. The third-order valence-corrected chi connectivity index (χ3v) is 3.71. The lowest BCUT2D eigenvalue weighted by Gasteiger charge is -2.07. The summed E-state index contributed by atoms with van der Waals surface area (Å²) in [6.07, 6.45) is 0. The average molecular weight is 279 g/mol. The van der Waals surface area contributed by atoms with E-state index in [-0.39, 0.29) is 44.8 Å². The van der Waals surface area contributed by atoms with Gasteiger partial charge in [0.05, 0.1) is 56.9 Å². The summed E-state index contributed by atoms with van der Waals surface area (Å²) in [4.78, 5) is 0. The molecule has 0 spiro atoms. The summed E-state index contributed by atoms with van der Waals surface area (Å²) in [7, 11) is 0. The van der Waals surface area contributed by atoms with Gasteiger partial charge in [-0.3, -0.25) is 0 Å². The summed E-state index contributed by atoms with van der Waals surface area (Å²) in [5.74, 6) is 0. The fraction of sp³-hybridized carbons (Fsp3) is 0.0667. The predicted octanol–water partition coefficient (Wildman–Crippen LogP) is 1.40. The van der Waals surface area contributed by atoms with Crippen molar-refractivity contribution in [3.8, 4) is 36.4 Å². The predicted molar refractivity (Wildman–Crippen MR) is 69.2 cm³/mol. The zero-order valence-electron chi connectivity index (χ0n) is 10.7. The highest BCUT2D eigenvalue weighted by Gasteiger charge is 2.47. The van der Waals surface area contributed by atoms with Gasteiger partial charge in [0, 0.05) is 0 Å². The third kappa shape index (κ3) is 1.09. The van der Waals surface area contributed by atoms with Gasteiger partial charge in [-0.25, -0.2) is 0 Å². The van der Waals surface area contributed by atoms with Gasteiger partial charge < -0.3 is 4.57 Å². The maximum Gasteiger partial charge on any atom is 0.107 e. The van der Waals surface area contributed by atoms with E-state index in [2.05, 4.69) is 0 Å². The largest absolute Gasteiger partial charge is 0.324 e. The van der Waals surface area contributed by atoms with E-state index in [9.17, 15) is 31.6 Å². The third-order valence-electron chi connectivity index (χ3n) is 3.71. The molecule has 0 aromatic carbocycles. The lowest BCUT2D eigenvalue weighted by molar-refractivity contribution is 0.723. The van der Waals surface area contributed by atoms with Crippen LogP contribution in [0, 0.1) is 68.0 Å². The molecule has 0 unspecified atom stereocenters. The van der Waals surface area contributed by atoms with Crippen molar-refractivity contribution in [1.82, 2.24) is 4.57 Å². The molecule has 0 aliphatic carbocycles. The first kappa shape index (κ1) is 12.7. The molecule has 0 amide bonds. The second-order valence-corrected chi connectivity index (χ2v) is 4.47. The Bertz CT molecular complexity index is 997. The number of allylic oxidation sites excluding steroid dienone is 4. The van der Waals surface area contributed by atoms with Gasteiger partial charge in [0.15, 0.2) is 0 Å². The Morgan fingerprint density at radius 3 is 1.27 bits per heavy atom. The van der Waals surface area contributed by atoms with E-state index >= 15 is 0 Å². The molecule has 22 heavy (non-hydrogen) atoms. The second-order valence-electron chi connectivity index (χ2n) is 4.47. The minimum Gasteiger partial charge on any atom is -0.324 e. The zero-order chi connectivity index (χ0) is 16.0. The lowest BCUT2D eigenvalue weighted by Crippen LogP contribution is -2.05. The molecule has 0 saturated heterocycles. The molecule has 0 bridgehead atoms. The van der Waals surface area contributed by atoms with Crippen LogP contribution >= 0.6 is 0 Å². The quantitative estimate of drug-likeness (QED) is 0.700. The number of rotatable bonds is 0. The van der Waals surface area contributed by atoms with Gasteiger partial charge >= 0.3 is 0 Å². The molecule has 1 aromatic rings. The number of aromatic nitrogens is 1. The molecule has 0 fully saturated rings. The molecule has 0 atom stereocenters. The SMILES string of the molecule is N#CC1=C(C#N)C2C(C#N)=C(C#N)c3c(C#N)c(C#N)c1n32. The summed E-state index contributed by atoms with van der Waals surface area (Å²) in [5.41, 5.74) is 0.145.